The van der Waals surface area contributed by atoms with Crippen LogP contribution in [-0.4, -0.2) is 9.97 Å². The van der Waals surface area contributed by atoms with Crippen LogP contribution in [0.15, 0.2) is 22.7 Å². The molecule has 1 aromatic heterocycles. The number of benzene rings is 1. The first-order valence-electron chi connectivity index (χ1n) is 5.30. The highest BCUT2D eigenvalue weighted by Crippen LogP contribution is 2.32. The number of rotatable bonds is 1. The molecule has 0 bridgehead atoms. The van der Waals surface area contributed by atoms with Crippen molar-refractivity contribution in [2.45, 2.75) is 11.5 Å². The summed E-state index contributed by atoms with van der Waals surface area (Å²) in [6.07, 6.45) is 0. The van der Waals surface area contributed by atoms with E-state index in [0.717, 1.165) is 28.3 Å². The molecule has 2 nitrogen and oxygen atoms in total. The van der Waals surface area contributed by atoms with Gasteiger partial charge in [-0.05, 0) is 34.1 Å². The number of nitrogens with zero attached hydrogens (tertiary/aromatic N) is 1. The van der Waals surface area contributed by atoms with Crippen LogP contribution in [0.5, 0.6) is 0 Å². The van der Waals surface area contributed by atoms with Crippen molar-refractivity contribution >= 4 is 39.9 Å². The molecule has 1 aliphatic rings. The van der Waals surface area contributed by atoms with E-state index >= 15 is 0 Å². The van der Waals surface area contributed by atoms with Crippen molar-refractivity contribution in [2.75, 3.05) is 0 Å². The molecule has 0 unspecified atom stereocenters. The van der Waals surface area contributed by atoms with E-state index < -0.39 is 0 Å². The summed E-state index contributed by atoms with van der Waals surface area (Å²) in [5, 5.41) is 0. The predicted molar refractivity (Wildman–Crippen MR) is 77.5 cm³/mol. The summed E-state index contributed by atoms with van der Waals surface area (Å²) in [5.74, 6) is 2.25. The molecule has 0 amide bonds. The average molecular weight is 343 g/mol. The predicted octanol–water partition coefficient (Wildman–Crippen LogP) is 4.45. The third-order valence-electron chi connectivity index (χ3n) is 2.78. The Balaban J connectivity index is 2.18. The first-order valence-corrected chi connectivity index (χ1v) is 7.66. The van der Waals surface area contributed by atoms with E-state index in [1.54, 1.807) is 6.07 Å². The maximum absolute atomic E-state index is 13.1. The molecule has 2 heterocycles. The summed E-state index contributed by atoms with van der Waals surface area (Å²) in [6, 6.07) is 4.54. The van der Waals surface area contributed by atoms with Crippen molar-refractivity contribution in [1.82, 2.24) is 9.97 Å². The molecule has 0 atom stereocenters. The van der Waals surface area contributed by atoms with Crippen LogP contribution in [0, 0.1) is 10.5 Å². The minimum atomic E-state index is -0.277. The van der Waals surface area contributed by atoms with E-state index in [4.69, 9.17) is 12.2 Å². The molecule has 0 spiro atoms. The fourth-order valence-corrected chi connectivity index (χ4v) is 3.87. The Morgan fingerprint density at radius 2 is 2.22 bits per heavy atom. The van der Waals surface area contributed by atoms with Crippen molar-refractivity contribution in [3.8, 4) is 11.4 Å². The number of thioether (sulfide) groups is 1. The minimum Gasteiger partial charge on any atom is -0.342 e. The van der Waals surface area contributed by atoms with E-state index in [1.165, 1.54) is 12.1 Å². The second-order valence-electron chi connectivity index (χ2n) is 3.96. The lowest BCUT2D eigenvalue weighted by atomic mass is 10.2. The topological polar surface area (TPSA) is 28.7 Å². The molecule has 0 saturated carbocycles. The Labute approximate surface area is 121 Å². The molecule has 92 valence electrons. The molecular weight excluding hydrogens is 335 g/mol. The number of hydrogen-bond acceptors (Lipinski definition) is 3. The van der Waals surface area contributed by atoms with E-state index in [9.17, 15) is 4.39 Å². The van der Waals surface area contributed by atoms with Gasteiger partial charge in [0.25, 0.3) is 0 Å². The second kappa shape index (κ2) is 4.75. The van der Waals surface area contributed by atoms with Crippen LogP contribution in [0.25, 0.3) is 11.4 Å². The average Bonchev–Trinajstić information content (AvgIpc) is 2.77. The van der Waals surface area contributed by atoms with E-state index in [-0.39, 0.29) is 5.82 Å². The zero-order valence-electron chi connectivity index (χ0n) is 9.17. The van der Waals surface area contributed by atoms with Gasteiger partial charge in [-0.1, -0.05) is 12.2 Å². The van der Waals surface area contributed by atoms with Gasteiger partial charge in [-0.3, -0.25) is 0 Å². The number of fused-ring (bicyclic) bond motifs is 1. The van der Waals surface area contributed by atoms with Gasteiger partial charge in [-0.25, -0.2) is 9.37 Å². The first kappa shape index (κ1) is 12.3. The molecule has 1 aliphatic heterocycles. The van der Waals surface area contributed by atoms with Gasteiger partial charge in [0.2, 0.25) is 0 Å². The highest BCUT2D eigenvalue weighted by atomic mass is 79.9. The fourth-order valence-electron chi connectivity index (χ4n) is 1.88. The number of H-pyrrole nitrogens is 1. The lowest BCUT2D eigenvalue weighted by molar-refractivity contribution is 0.627. The van der Waals surface area contributed by atoms with E-state index in [2.05, 4.69) is 25.9 Å². The number of nitrogens with one attached hydrogen (secondary N) is 1. The zero-order chi connectivity index (χ0) is 12.7. The summed E-state index contributed by atoms with van der Waals surface area (Å²) >= 11 is 10.5. The maximum Gasteiger partial charge on any atom is 0.140 e. The van der Waals surface area contributed by atoms with Crippen LogP contribution in [0.3, 0.4) is 0 Å². The summed E-state index contributed by atoms with van der Waals surface area (Å²) in [6.45, 7) is 0. The Hall–Kier alpha value is -0.720. The highest BCUT2D eigenvalue weighted by molar-refractivity contribution is 9.10. The van der Waals surface area contributed by atoms with Crippen LogP contribution in [-0.2, 0) is 11.5 Å². The lowest BCUT2D eigenvalue weighted by Crippen LogP contribution is -1.98. The Bertz CT molecular complexity index is 684. The summed E-state index contributed by atoms with van der Waals surface area (Å²) in [7, 11) is 0. The van der Waals surface area contributed by atoms with Crippen molar-refractivity contribution in [2.24, 2.45) is 0 Å². The van der Waals surface area contributed by atoms with Gasteiger partial charge in [0.05, 0.1) is 0 Å². The molecule has 0 saturated heterocycles. The van der Waals surface area contributed by atoms with Gasteiger partial charge in [-0.2, -0.15) is 11.8 Å². The van der Waals surface area contributed by atoms with Gasteiger partial charge in [0.15, 0.2) is 0 Å². The number of aromatic amines is 1. The molecule has 0 radical (unpaired) electrons. The van der Waals surface area contributed by atoms with Crippen molar-refractivity contribution in [3.05, 3.63) is 44.4 Å². The SMILES string of the molecule is Fc1ccc(-c2nc(=S)c3c([nH]2)CSC3)c(Br)c1. The number of aromatic nitrogens is 2. The van der Waals surface area contributed by atoms with Crippen molar-refractivity contribution in [3.63, 3.8) is 0 Å². The normalized spacial score (nSPS) is 13.7. The molecule has 18 heavy (non-hydrogen) atoms. The second-order valence-corrected chi connectivity index (χ2v) is 6.19. The van der Waals surface area contributed by atoms with Crippen molar-refractivity contribution < 1.29 is 4.39 Å². The molecule has 6 heteroatoms. The van der Waals surface area contributed by atoms with Crippen molar-refractivity contribution in [1.29, 1.82) is 0 Å². The Morgan fingerprint density at radius 3 is 3.00 bits per heavy atom. The molecule has 1 N–H and O–H groups in total. The molecule has 0 aliphatic carbocycles. The maximum atomic E-state index is 13.1. The first-order chi connectivity index (χ1) is 8.65. The number of hydrogen-bond donors (Lipinski definition) is 1. The summed E-state index contributed by atoms with van der Waals surface area (Å²) in [4.78, 5) is 7.69. The quantitative estimate of drug-likeness (QED) is 0.776. The van der Waals surface area contributed by atoms with Crippen LogP contribution in [0.2, 0.25) is 0 Å². The van der Waals surface area contributed by atoms with Gasteiger partial charge in [-0.15, -0.1) is 0 Å². The third kappa shape index (κ3) is 2.13. The van der Waals surface area contributed by atoms with Gasteiger partial charge < -0.3 is 4.98 Å². The van der Waals surface area contributed by atoms with Crippen LogP contribution in [0.4, 0.5) is 4.39 Å². The standard InChI is InChI=1S/C12H8BrFN2S2/c13-9-3-6(14)1-2-7(9)11-15-10-5-18-4-8(10)12(17)16-11/h1-3H,4-5H2,(H,15,16,17). The molecule has 1 aromatic carbocycles. The zero-order valence-corrected chi connectivity index (χ0v) is 12.4. The van der Waals surface area contributed by atoms with Gasteiger partial charge in [0.1, 0.15) is 16.3 Å². The lowest BCUT2D eigenvalue weighted by Gasteiger charge is -2.07. The minimum absolute atomic E-state index is 0.277. The van der Waals surface area contributed by atoms with Crippen LogP contribution in [0.1, 0.15) is 11.3 Å². The number of halogens is 2. The van der Waals surface area contributed by atoms with Crippen LogP contribution < -0.4 is 0 Å². The van der Waals surface area contributed by atoms with E-state index in [1.807, 2.05) is 11.8 Å². The van der Waals surface area contributed by atoms with Gasteiger partial charge in [0, 0.05) is 32.8 Å². The summed E-state index contributed by atoms with van der Waals surface area (Å²) in [5.41, 5.74) is 3.07. The van der Waals surface area contributed by atoms with Gasteiger partial charge >= 0.3 is 0 Å². The molecule has 0 fully saturated rings. The smallest absolute Gasteiger partial charge is 0.140 e. The Kier molecular flexibility index (Phi) is 3.25. The van der Waals surface area contributed by atoms with Crippen LogP contribution >= 0.6 is 39.9 Å². The highest BCUT2D eigenvalue weighted by Gasteiger charge is 2.16. The molecule has 2 aromatic rings. The third-order valence-corrected chi connectivity index (χ3v) is 4.76. The monoisotopic (exact) mass is 342 g/mol. The Morgan fingerprint density at radius 1 is 1.39 bits per heavy atom. The largest absolute Gasteiger partial charge is 0.342 e. The fraction of sp³-hybridized carbons (Fsp3) is 0.167. The van der Waals surface area contributed by atoms with E-state index in [0.29, 0.717) is 14.9 Å². The molecular formula is C12H8BrFN2S2. The molecule has 3 rings (SSSR count). The summed E-state index contributed by atoms with van der Waals surface area (Å²) < 4.78 is 14.4.